The van der Waals surface area contributed by atoms with Crippen LogP contribution in [0, 0.1) is 45.6 Å². The van der Waals surface area contributed by atoms with Crippen molar-refractivity contribution >= 4 is 50.4 Å². The number of hydrogen-bond acceptors (Lipinski definition) is 1. The van der Waals surface area contributed by atoms with Gasteiger partial charge in [-0.05, 0) is 55.5 Å². The molecule has 4 aliphatic rings. The van der Waals surface area contributed by atoms with Crippen LogP contribution in [0.1, 0.15) is 143 Å². The minimum atomic E-state index is -0.396. The standard InChI is InChI=1S/C21H22Br2N2.C18H33P.C5H7NO.2ClH.Ru/c1-12-7-14(3)18(15(4)8-12)24-11-25(21(23)20(24)22)19-16(5)9-13(2)10-17(19)6;1-4-10-16(11-5-1)19(17-12-6-2-7-13-17)18-14-8-3-9-15-18;1-6-4-2-3-5(6)7;;;/h7-10H,1-6H3;16-18H,1-15H2;1H,2-4H2;2*1H;/q;;;;;+2/p-2. The summed E-state index contributed by atoms with van der Waals surface area (Å²) in [5.41, 5.74) is 13.4. The first-order chi connectivity index (χ1) is 25.0. The fourth-order valence-corrected chi connectivity index (χ4v) is 18.3. The number of aryl methyl sites for hydroxylation is 6. The molecule has 3 aromatic rings. The average Bonchev–Trinajstić information content (AvgIpc) is 3.64. The van der Waals surface area contributed by atoms with E-state index in [0.29, 0.717) is 14.3 Å². The summed E-state index contributed by atoms with van der Waals surface area (Å²) < 4.78 is 9.99. The van der Waals surface area contributed by atoms with E-state index in [2.05, 4.69) is 112 Å². The van der Waals surface area contributed by atoms with Crippen molar-refractivity contribution in [1.82, 2.24) is 14.0 Å². The normalized spacial score (nSPS) is 18.5. The minimum Gasteiger partial charge on any atom is -1.00 e. The molecule has 54 heavy (non-hydrogen) atoms. The molecule has 0 bridgehead atoms. The molecule has 0 spiro atoms. The Morgan fingerprint density at radius 2 is 0.944 bits per heavy atom. The third-order valence-electron chi connectivity index (χ3n) is 12.0. The van der Waals surface area contributed by atoms with Gasteiger partial charge in [-0.15, -0.1) is 0 Å². The third-order valence-corrected chi connectivity index (χ3v) is 20.0. The molecule has 2 heterocycles. The summed E-state index contributed by atoms with van der Waals surface area (Å²) >= 11 is 7.44. The van der Waals surface area contributed by atoms with E-state index in [1.54, 1.807) is 77.0 Å². The molecular weight excluding hydrogens is 949 g/mol. The van der Waals surface area contributed by atoms with Gasteiger partial charge in [0.25, 0.3) is 0 Å². The fraction of sp³-hybridized carbons (Fsp3) is 0.614. The van der Waals surface area contributed by atoms with Crippen LogP contribution >= 0.6 is 39.8 Å². The van der Waals surface area contributed by atoms with Crippen LogP contribution in [-0.4, -0.2) is 48.2 Å². The van der Waals surface area contributed by atoms with E-state index in [-0.39, 0.29) is 30.7 Å². The van der Waals surface area contributed by atoms with Gasteiger partial charge in [0.2, 0.25) is 0 Å². The number of rotatable bonds is 6. The molecule has 0 atom stereocenters. The fourth-order valence-electron chi connectivity index (χ4n) is 9.85. The van der Waals surface area contributed by atoms with Crippen LogP contribution < -0.4 is 24.8 Å². The molecule has 2 aromatic carbocycles. The summed E-state index contributed by atoms with van der Waals surface area (Å²) in [5.74, 6) is 0.234. The Balaban J connectivity index is 0.000000264. The van der Waals surface area contributed by atoms with Gasteiger partial charge in [-0.1, -0.05) is 65.7 Å². The molecule has 0 unspecified atom stereocenters. The number of benzene rings is 2. The van der Waals surface area contributed by atoms with Gasteiger partial charge in [0.1, 0.15) is 0 Å². The van der Waals surface area contributed by atoms with E-state index < -0.39 is 16.2 Å². The SMILES string of the molecule is C1CCC(P(C2CCCCC2)C2CCCCC2)CC1.Cc1cc(C)c(-n2c(Br)c(Br)n(-c3c(C)cc(C)cc3C)[c]2=[Ru+2]=[CH]N2CCCC2=O)c(C)c1.[Cl-].[Cl-]. The number of likely N-dealkylation sites (tertiary alicyclic amines) is 1. The first-order valence-electron chi connectivity index (χ1n) is 20.2. The number of carbonyl (C=O) groups excluding carboxylic acids is 1. The van der Waals surface area contributed by atoms with Crippen molar-refractivity contribution in [2.45, 2.75) is 168 Å². The molecule has 1 aromatic heterocycles. The number of aromatic nitrogens is 2. The molecule has 4 nitrogen and oxygen atoms in total. The van der Waals surface area contributed by atoms with Gasteiger partial charge in [-0.2, -0.15) is 0 Å². The van der Waals surface area contributed by atoms with E-state index in [4.69, 9.17) is 0 Å². The zero-order valence-electron chi connectivity index (χ0n) is 33.4. The number of nitrogens with zero attached hydrogens (tertiary/aromatic N) is 3. The van der Waals surface area contributed by atoms with E-state index in [0.717, 1.165) is 22.2 Å². The summed E-state index contributed by atoms with van der Waals surface area (Å²) in [6, 6.07) is 8.96. The molecule has 1 aliphatic heterocycles. The van der Waals surface area contributed by atoms with Crippen molar-refractivity contribution in [1.29, 1.82) is 0 Å². The number of hydrogen-bond donors (Lipinski definition) is 0. The van der Waals surface area contributed by atoms with Crippen molar-refractivity contribution in [3.8, 4) is 11.4 Å². The van der Waals surface area contributed by atoms with Crippen LogP contribution in [0.2, 0.25) is 0 Å². The Labute approximate surface area is 363 Å². The van der Waals surface area contributed by atoms with Crippen molar-refractivity contribution in [3.63, 3.8) is 0 Å². The molecule has 1 saturated heterocycles. The smallest absolute Gasteiger partial charge is 1.00 e. The average molecular weight is 1010 g/mol. The summed E-state index contributed by atoms with van der Waals surface area (Å²) in [6.45, 7) is 13.8. The van der Waals surface area contributed by atoms with E-state index >= 15 is 0 Å². The number of halogens is 4. The quantitative estimate of drug-likeness (QED) is 0.192. The predicted molar refractivity (Wildman–Crippen MR) is 227 cm³/mol. The Morgan fingerprint density at radius 1 is 0.593 bits per heavy atom. The molecule has 7 rings (SSSR count). The van der Waals surface area contributed by atoms with E-state index in [1.807, 2.05) is 4.90 Å². The first kappa shape index (κ1) is 46.3. The molecule has 3 aliphatic carbocycles. The maximum absolute atomic E-state index is 12.3. The van der Waals surface area contributed by atoms with Crippen molar-refractivity contribution in [2.24, 2.45) is 0 Å². The topological polar surface area (TPSA) is 30.2 Å². The molecular formula is C44H62Br2Cl2N3OPRu. The second-order valence-corrected chi connectivity index (χ2v) is 22.5. The molecule has 10 heteroatoms. The maximum atomic E-state index is 12.3. The van der Waals surface area contributed by atoms with Gasteiger partial charge in [0, 0.05) is 0 Å². The largest absolute Gasteiger partial charge is 1.00 e. The Morgan fingerprint density at radius 3 is 1.26 bits per heavy atom. The van der Waals surface area contributed by atoms with Crippen LogP contribution in [0.15, 0.2) is 33.5 Å². The molecule has 0 radical (unpaired) electrons. The number of carbonyl (C=O) groups is 1. The van der Waals surface area contributed by atoms with E-state index in [9.17, 15) is 4.79 Å². The van der Waals surface area contributed by atoms with Crippen LogP contribution in [0.3, 0.4) is 0 Å². The first-order valence-corrected chi connectivity index (χ1v) is 25.2. The van der Waals surface area contributed by atoms with Gasteiger partial charge < -0.3 is 24.8 Å². The van der Waals surface area contributed by atoms with E-state index in [1.165, 1.54) is 85.0 Å². The zero-order chi connectivity index (χ0) is 36.9. The summed E-state index contributed by atoms with van der Waals surface area (Å²) in [5, 5.41) is 0. The Bertz CT molecular complexity index is 1680. The third kappa shape index (κ3) is 10.8. The summed E-state index contributed by atoms with van der Waals surface area (Å²) in [6.07, 6.45) is 25.2. The number of amides is 1. The molecule has 4 fully saturated rings. The molecule has 1 amide bonds. The van der Waals surface area contributed by atoms with Crippen molar-refractivity contribution in [2.75, 3.05) is 6.54 Å². The summed E-state index contributed by atoms with van der Waals surface area (Å²) in [7, 11) is 0.385. The van der Waals surface area contributed by atoms with Crippen molar-refractivity contribution in [3.05, 3.63) is 70.9 Å². The second-order valence-electron chi connectivity index (χ2n) is 16.2. The monoisotopic (exact) mass is 1010 g/mol. The van der Waals surface area contributed by atoms with Gasteiger partial charge in [0.05, 0.1) is 0 Å². The van der Waals surface area contributed by atoms with Crippen LogP contribution in [0.25, 0.3) is 11.4 Å². The Kier molecular flexibility index (Phi) is 18.5. The molecule has 3 saturated carbocycles. The maximum Gasteiger partial charge on any atom is -1.00 e. The zero-order valence-corrected chi connectivity index (χ0v) is 40.7. The second kappa shape index (κ2) is 21.5. The van der Waals surface area contributed by atoms with Crippen LogP contribution in [0.4, 0.5) is 0 Å². The van der Waals surface area contributed by atoms with Crippen molar-refractivity contribution < 1.29 is 45.8 Å². The van der Waals surface area contributed by atoms with Gasteiger partial charge in [0.15, 0.2) is 0 Å². The van der Waals surface area contributed by atoms with Gasteiger partial charge in [-0.25, -0.2) is 0 Å². The predicted octanol–water partition coefficient (Wildman–Crippen LogP) is 7.11. The summed E-state index contributed by atoms with van der Waals surface area (Å²) in [4.78, 5) is 14.3. The number of imidazole rings is 1. The molecule has 300 valence electrons. The van der Waals surface area contributed by atoms with Gasteiger partial charge >= 0.3 is 221 Å². The van der Waals surface area contributed by atoms with Crippen LogP contribution in [-0.2, 0) is 21.0 Å². The van der Waals surface area contributed by atoms with Gasteiger partial charge in [-0.3, -0.25) is 0 Å². The molecule has 0 N–H and O–H groups in total. The Hall–Kier alpha value is -0.417. The van der Waals surface area contributed by atoms with Crippen LogP contribution in [0.5, 0.6) is 0 Å². The minimum absolute atomic E-state index is 0.